The molecule has 0 aromatic heterocycles. The maximum atomic E-state index is 5.68. The third-order valence-electron chi connectivity index (χ3n) is 5.52. The van der Waals surface area contributed by atoms with Crippen LogP contribution in [0.5, 0.6) is 0 Å². The number of rotatable bonds is 17. The van der Waals surface area contributed by atoms with E-state index in [1.54, 1.807) is 21.3 Å². The Morgan fingerprint density at radius 2 is 1.46 bits per heavy atom. The highest BCUT2D eigenvalue weighted by molar-refractivity contribution is 5.48. The van der Waals surface area contributed by atoms with Gasteiger partial charge < -0.3 is 19.1 Å². The summed E-state index contributed by atoms with van der Waals surface area (Å²) in [6, 6.07) is 10.4. The zero-order chi connectivity index (χ0) is 20.7. The van der Waals surface area contributed by atoms with Crippen molar-refractivity contribution < 1.29 is 14.2 Å². The molecule has 160 valence electrons. The van der Waals surface area contributed by atoms with E-state index >= 15 is 0 Å². The second-order valence-electron chi connectivity index (χ2n) is 7.32. The molecule has 0 bridgehead atoms. The van der Waals surface area contributed by atoms with E-state index in [4.69, 9.17) is 14.2 Å². The minimum Gasteiger partial charge on any atom is -0.349 e. The Kier molecular flexibility index (Phi) is 12.9. The summed E-state index contributed by atoms with van der Waals surface area (Å²) in [5, 5.41) is 0. The van der Waals surface area contributed by atoms with Gasteiger partial charge in [-0.1, -0.05) is 70.2 Å². The van der Waals surface area contributed by atoms with Crippen LogP contribution in [0.25, 0.3) is 0 Å². The van der Waals surface area contributed by atoms with E-state index < -0.39 is 5.97 Å². The van der Waals surface area contributed by atoms with Crippen LogP contribution < -0.4 is 4.90 Å². The van der Waals surface area contributed by atoms with Crippen LogP contribution in [0.4, 0.5) is 5.69 Å². The Bertz CT molecular complexity index is 494. The number of benzene rings is 1. The van der Waals surface area contributed by atoms with Crippen LogP contribution in [0.2, 0.25) is 0 Å². The van der Waals surface area contributed by atoms with Gasteiger partial charge in [0.15, 0.2) is 0 Å². The number of ether oxygens (including phenoxy) is 3. The predicted octanol–water partition coefficient (Wildman–Crippen LogP) is 6.38. The van der Waals surface area contributed by atoms with Crippen molar-refractivity contribution in [3.63, 3.8) is 0 Å². The summed E-state index contributed by atoms with van der Waals surface area (Å²) in [4.78, 5) is 2.19. The molecule has 28 heavy (non-hydrogen) atoms. The molecule has 1 atom stereocenters. The number of unbranched alkanes of at least 4 members (excludes halogenated alkanes) is 5. The number of para-hydroxylation sites is 1. The topological polar surface area (TPSA) is 30.9 Å². The lowest BCUT2D eigenvalue weighted by molar-refractivity contribution is -0.380. The van der Waals surface area contributed by atoms with Gasteiger partial charge in [-0.2, -0.15) is 0 Å². The second-order valence-corrected chi connectivity index (χ2v) is 7.32. The van der Waals surface area contributed by atoms with Crippen LogP contribution in [0.15, 0.2) is 43.1 Å². The number of hydrogen-bond donors (Lipinski definition) is 0. The SMILES string of the molecule is C=CN(CCCC(CCCCCCCC)C(OC)(OC)OC)c1ccccc1. The lowest BCUT2D eigenvalue weighted by atomic mass is 9.92. The molecule has 0 fully saturated rings. The second kappa shape index (κ2) is 14.6. The molecule has 0 heterocycles. The molecule has 0 saturated carbocycles. The van der Waals surface area contributed by atoms with Crippen molar-refractivity contribution in [2.24, 2.45) is 5.92 Å². The highest BCUT2D eigenvalue weighted by atomic mass is 16.9. The predicted molar refractivity (Wildman–Crippen MR) is 118 cm³/mol. The van der Waals surface area contributed by atoms with Gasteiger partial charge in [-0.3, -0.25) is 0 Å². The monoisotopic (exact) mass is 391 g/mol. The summed E-state index contributed by atoms with van der Waals surface area (Å²) in [7, 11) is 5.00. The molecule has 0 aliphatic carbocycles. The van der Waals surface area contributed by atoms with Crippen molar-refractivity contribution in [2.75, 3.05) is 32.8 Å². The highest BCUT2D eigenvalue weighted by Crippen LogP contribution is 2.32. The summed E-state index contributed by atoms with van der Waals surface area (Å²) in [5.41, 5.74) is 1.17. The first kappa shape index (κ1) is 24.7. The van der Waals surface area contributed by atoms with Crippen molar-refractivity contribution >= 4 is 5.69 Å². The molecule has 1 aromatic rings. The van der Waals surface area contributed by atoms with Crippen LogP contribution in [-0.2, 0) is 14.2 Å². The Hall–Kier alpha value is -1.36. The third kappa shape index (κ3) is 7.94. The zero-order valence-electron chi connectivity index (χ0n) is 18.5. The van der Waals surface area contributed by atoms with Crippen LogP contribution in [0.3, 0.4) is 0 Å². The Balaban J connectivity index is 2.61. The molecule has 0 aliphatic rings. The zero-order valence-corrected chi connectivity index (χ0v) is 18.5. The van der Waals surface area contributed by atoms with E-state index in [0.29, 0.717) is 0 Å². The minimum atomic E-state index is -0.963. The Morgan fingerprint density at radius 3 is 2.04 bits per heavy atom. The lowest BCUT2D eigenvalue weighted by Crippen LogP contribution is -2.44. The average molecular weight is 392 g/mol. The molecule has 0 spiro atoms. The molecule has 1 aromatic carbocycles. The molecule has 4 heteroatoms. The molecule has 4 nitrogen and oxygen atoms in total. The molecule has 0 N–H and O–H groups in total. The van der Waals surface area contributed by atoms with Gasteiger partial charge in [0, 0.05) is 39.5 Å². The summed E-state index contributed by atoms with van der Waals surface area (Å²) < 4.78 is 17.1. The van der Waals surface area contributed by atoms with E-state index in [2.05, 4.69) is 42.7 Å². The molecule has 0 amide bonds. The van der Waals surface area contributed by atoms with E-state index in [0.717, 1.165) is 25.8 Å². The van der Waals surface area contributed by atoms with Crippen molar-refractivity contribution in [2.45, 2.75) is 70.7 Å². The molecule has 0 aliphatic heterocycles. The summed E-state index contributed by atoms with van der Waals surface area (Å²) in [6.07, 6.45) is 12.6. The average Bonchev–Trinajstić information content (AvgIpc) is 2.75. The molecule has 0 saturated heterocycles. The van der Waals surface area contributed by atoms with E-state index in [-0.39, 0.29) is 5.92 Å². The number of hydrogen-bond acceptors (Lipinski definition) is 4. The largest absolute Gasteiger partial charge is 0.349 e. The minimum absolute atomic E-state index is 0.195. The number of anilines is 1. The van der Waals surface area contributed by atoms with Gasteiger partial charge in [0.1, 0.15) is 0 Å². The smallest absolute Gasteiger partial charge is 0.285 e. The standard InChI is InChI=1S/C24H41NO3/c1-6-8-9-10-11-13-17-22(24(26-3,27-4)28-5)18-16-21-25(7-2)23-19-14-12-15-20-23/h7,12,14-15,19-20,22H,2,6,8-11,13,16-18,21H2,1,3-5H3. The van der Waals surface area contributed by atoms with Crippen molar-refractivity contribution in [1.82, 2.24) is 0 Å². The molecular weight excluding hydrogens is 350 g/mol. The highest BCUT2D eigenvalue weighted by Gasteiger charge is 2.39. The first-order valence-electron chi connectivity index (χ1n) is 10.8. The van der Waals surface area contributed by atoms with Gasteiger partial charge in [-0.05, 0) is 37.6 Å². The maximum absolute atomic E-state index is 5.68. The molecule has 1 rings (SSSR count). The van der Waals surface area contributed by atoms with Crippen molar-refractivity contribution in [1.29, 1.82) is 0 Å². The van der Waals surface area contributed by atoms with Gasteiger partial charge >= 0.3 is 0 Å². The van der Waals surface area contributed by atoms with Gasteiger partial charge in [-0.25, -0.2) is 0 Å². The fraction of sp³-hybridized carbons (Fsp3) is 0.667. The fourth-order valence-corrected chi connectivity index (χ4v) is 3.87. The third-order valence-corrected chi connectivity index (χ3v) is 5.52. The van der Waals surface area contributed by atoms with E-state index in [1.165, 1.54) is 44.2 Å². The van der Waals surface area contributed by atoms with Gasteiger partial charge in [0.2, 0.25) is 0 Å². The van der Waals surface area contributed by atoms with Crippen molar-refractivity contribution in [3.05, 3.63) is 43.1 Å². The normalized spacial score (nSPS) is 12.7. The number of methoxy groups -OCH3 is 3. The quantitative estimate of drug-likeness (QED) is 0.228. The Morgan fingerprint density at radius 1 is 0.893 bits per heavy atom. The summed E-state index contributed by atoms with van der Waals surface area (Å²) >= 11 is 0. The number of nitrogens with zero attached hydrogens (tertiary/aromatic N) is 1. The van der Waals surface area contributed by atoms with Crippen molar-refractivity contribution in [3.8, 4) is 0 Å². The van der Waals surface area contributed by atoms with E-state index in [1.807, 2.05) is 12.3 Å². The summed E-state index contributed by atoms with van der Waals surface area (Å²) in [5.74, 6) is -0.768. The van der Waals surface area contributed by atoms with Crippen LogP contribution in [0.1, 0.15) is 64.7 Å². The maximum Gasteiger partial charge on any atom is 0.285 e. The van der Waals surface area contributed by atoms with E-state index in [9.17, 15) is 0 Å². The first-order chi connectivity index (χ1) is 13.7. The fourth-order valence-electron chi connectivity index (χ4n) is 3.87. The lowest BCUT2D eigenvalue weighted by Gasteiger charge is -2.37. The Labute approximate surface area is 172 Å². The van der Waals surface area contributed by atoms with Gasteiger partial charge in [0.05, 0.1) is 0 Å². The van der Waals surface area contributed by atoms with Gasteiger partial charge in [0.25, 0.3) is 5.97 Å². The van der Waals surface area contributed by atoms with Crippen LogP contribution in [0, 0.1) is 5.92 Å². The molecule has 0 radical (unpaired) electrons. The molecule has 1 unspecified atom stereocenters. The summed E-state index contributed by atoms with van der Waals surface area (Å²) in [6.45, 7) is 7.13. The molecular formula is C24H41NO3. The van der Waals surface area contributed by atoms with Crippen LogP contribution >= 0.6 is 0 Å². The van der Waals surface area contributed by atoms with Gasteiger partial charge in [-0.15, -0.1) is 0 Å². The van der Waals surface area contributed by atoms with Crippen LogP contribution in [-0.4, -0.2) is 33.8 Å². The first-order valence-corrected chi connectivity index (χ1v) is 10.8.